The van der Waals surface area contributed by atoms with E-state index in [2.05, 4.69) is 10.5 Å². The average molecular weight is 309 g/mol. The Bertz CT molecular complexity index is 542. The van der Waals surface area contributed by atoms with E-state index in [9.17, 15) is 4.79 Å². The lowest BCUT2D eigenvalue weighted by Gasteiger charge is -2.22. The van der Waals surface area contributed by atoms with Gasteiger partial charge in [-0.15, -0.1) is 11.8 Å². The number of ether oxygens (including phenoxy) is 1. The van der Waals surface area contributed by atoms with Crippen molar-refractivity contribution in [1.29, 1.82) is 0 Å². The van der Waals surface area contributed by atoms with E-state index >= 15 is 0 Å². The van der Waals surface area contributed by atoms with E-state index in [1.807, 2.05) is 13.0 Å². The van der Waals surface area contributed by atoms with E-state index in [1.54, 1.807) is 30.0 Å². The number of nitrogens with one attached hydrogen (secondary N) is 1. The quantitative estimate of drug-likeness (QED) is 0.335. The highest BCUT2D eigenvalue weighted by atomic mass is 32.2. The minimum absolute atomic E-state index is 0.0233. The highest BCUT2D eigenvalue weighted by molar-refractivity contribution is 8.01. The van der Waals surface area contributed by atoms with E-state index in [-0.39, 0.29) is 18.3 Å². The Kier molecular flexibility index (Phi) is 4.95. The first kappa shape index (κ1) is 15.5. The molecule has 7 heteroatoms. The summed E-state index contributed by atoms with van der Waals surface area (Å²) in [6.07, 6.45) is 1.92. The number of benzene rings is 1. The Hall–Kier alpha value is -1.89. The summed E-state index contributed by atoms with van der Waals surface area (Å²) in [6, 6.07) is 7.10. The average Bonchev–Trinajstić information content (AvgIpc) is 2.94. The molecule has 6 nitrogen and oxygen atoms in total. The maximum Gasteiger partial charge on any atom is 0.240 e. The zero-order valence-corrected chi connectivity index (χ0v) is 12.7. The van der Waals surface area contributed by atoms with Crippen LogP contribution in [-0.2, 0) is 4.79 Å². The molecular formula is C14H19N3O3S. The van der Waals surface area contributed by atoms with E-state index in [0.29, 0.717) is 11.4 Å². The SMILES string of the molecule is CC1(C(=O)Nc2ccccc2OC/C(N)=N/O)CCCS1. The number of para-hydroxylation sites is 2. The number of hydrogen-bond donors (Lipinski definition) is 3. The number of carbonyl (C=O) groups excluding carboxylic acids is 1. The first-order chi connectivity index (χ1) is 10.0. The number of oxime groups is 1. The molecule has 1 unspecified atom stereocenters. The number of amides is 1. The molecule has 0 aliphatic carbocycles. The number of thioether (sulfide) groups is 1. The molecule has 1 amide bonds. The van der Waals surface area contributed by atoms with Gasteiger partial charge in [0.1, 0.15) is 12.4 Å². The van der Waals surface area contributed by atoms with Gasteiger partial charge in [-0.2, -0.15) is 0 Å². The summed E-state index contributed by atoms with van der Waals surface area (Å²) in [5.74, 6) is 1.44. The summed E-state index contributed by atoms with van der Waals surface area (Å²) in [6.45, 7) is 1.91. The van der Waals surface area contributed by atoms with Gasteiger partial charge >= 0.3 is 0 Å². The van der Waals surface area contributed by atoms with Crippen LogP contribution in [0, 0.1) is 0 Å². The fraction of sp³-hybridized carbons (Fsp3) is 0.429. The van der Waals surface area contributed by atoms with E-state index < -0.39 is 4.75 Å². The minimum atomic E-state index is -0.390. The van der Waals surface area contributed by atoms with Crippen LogP contribution in [0.4, 0.5) is 5.69 Å². The van der Waals surface area contributed by atoms with Gasteiger partial charge in [0.15, 0.2) is 5.84 Å². The van der Waals surface area contributed by atoms with Crippen LogP contribution < -0.4 is 15.8 Å². The number of nitrogens with two attached hydrogens (primary N) is 1. The highest BCUT2D eigenvalue weighted by Crippen LogP contribution is 2.39. The van der Waals surface area contributed by atoms with Gasteiger partial charge < -0.3 is 21.0 Å². The predicted molar refractivity (Wildman–Crippen MR) is 84.1 cm³/mol. The van der Waals surface area contributed by atoms with Crippen LogP contribution in [0.5, 0.6) is 5.75 Å². The molecule has 4 N–H and O–H groups in total. The number of anilines is 1. The van der Waals surface area contributed by atoms with Crippen molar-refractivity contribution in [3.05, 3.63) is 24.3 Å². The fourth-order valence-corrected chi connectivity index (χ4v) is 3.30. The molecule has 0 bridgehead atoms. The standard InChI is InChI=1S/C14H19N3O3S/c1-14(7-4-8-21-14)13(18)16-10-5-2-3-6-11(10)20-9-12(15)17-19/h2-3,5-6,19H,4,7-9H2,1H3,(H2,15,17)(H,16,18). The van der Waals surface area contributed by atoms with Gasteiger partial charge in [0, 0.05) is 0 Å². The van der Waals surface area contributed by atoms with Gasteiger partial charge in [-0.3, -0.25) is 4.79 Å². The third-order valence-corrected chi connectivity index (χ3v) is 4.86. The number of rotatable bonds is 5. The molecule has 1 aromatic carbocycles. The Labute approximate surface area is 127 Å². The van der Waals surface area contributed by atoms with Gasteiger partial charge in [0.05, 0.1) is 10.4 Å². The van der Waals surface area contributed by atoms with E-state index in [4.69, 9.17) is 15.7 Å². The third-order valence-electron chi connectivity index (χ3n) is 3.34. The lowest BCUT2D eigenvalue weighted by Crippen LogP contribution is -2.34. The molecule has 1 saturated heterocycles. The number of nitrogens with zero attached hydrogens (tertiary/aromatic N) is 1. The van der Waals surface area contributed by atoms with Crippen molar-refractivity contribution in [2.75, 3.05) is 17.7 Å². The Morgan fingerprint density at radius 2 is 2.33 bits per heavy atom. The monoisotopic (exact) mass is 309 g/mol. The summed E-state index contributed by atoms with van der Waals surface area (Å²) >= 11 is 1.67. The third kappa shape index (κ3) is 3.81. The first-order valence-corrected chi connectivity index (χ1v) is 7.67. The molecule has 1 aromatic rings. The molecular weight excluding hydrogens is 290 g/mol. The van der Waals surface area contributed by atoms with Crippen LogP contribution in [0.2, 0.25) is 0 Å². The maximum absolute atomic E-state index is 12.4. The summed E-state index contributed by atoms with van der Waals surface area (Å²) in [7, 11) is 0. The Morgan fingerprint density at radius 1 is 1.57 bits per heavy atom. The zero-order valence-electron chi connectivity index (χ0n) is 11.8. The molecule has 1 heterocycles. The van der Waals surface area contributed by atoms with E-state index in [1.165, 1.54) is 0 Å². The van der Waals surface area contributed by atoms with Gasteiger partial charge in [-0.05, 0) is 37.7 Å². The minimum Gasteiger partial charge on any atom is -0.483 e. The van der Waals surface area contributed by atoms with Crippen molar-refractivity contribution in [3.8, 4) is 5.75 Å². The van der Waals surface area contributed by atoms with Crippen molar-refractivity contribution >= 4 is 29.2 Å². The zero-order chi connectivity index (χ0) is 15.3. The molecule has 1 fully saturated rings. The second kappa shape index (κ2) is 6.71. The predicted octanol–water partition coefficient (Wildman–Crippen LogP) is 2.04. The van der Waals surface area contributed by atoms with Crippen LogP contribution in [0.1, 0.15) is 19.8 Å². The van der Waals surface area contributed by atoms with Crippen molar-refractivity contribution in [3.63, 3.8) is 0 Å². The summed E-state index contributed by atoms with van der Waals surface area (Å²) in [5, 5.41) is 14.3. The molecule has 1 aliphatic heterocycles. The van der Waals surface area contributed by atoms with Gasteiger partial charge in [0.2, 0.25) is 5.91 Å². The topological polar surface area (TPSA) is 96.9 Å². The first-order valence-electron chi connectivity index (χ1n) is 6.69. The van der Waals surface area contributed by atoms with Crippen LogP contribution in [0.25, 0.3) is 0 Å². The van der Waals surface area contributed by atoms with Crippen LogP contribution in [-0.4, -0.2) is 34.1 Å². The van der Waals surface area contributed by atoms with Crippen LogP contribution in [0.15, 0.2) is 29.4 Å². The summed E-state index contributed by atoms with van der Waals surface area (Å²) < 4.78 is 5.06. The molecule has 21 heavy (non-hydrogen) atoms. The molecule has 2 rings (SSSR count). The summed E-state index contributed by atoms with van der Waals surface area (Å²) in [4.78, 5) is 12.4. The number of amidine groups is 1. The molecule has 0 aromatic heterocycles. The number of carbonyl (C=O) groups is 1. The molecule has 114 valence electrons. The largest absolute Gasteiger partial charge is 0.483 e. The Balaban J connectivity index is 2.07. The van der Waals surface area contributed by atoms with E-state index in [0.717, 1.165) is 18.6 Å². The maximum atomic E-state index is 12.4. The Morgan fingerprint density at radius 3 is 3.00 bits per heavy atom. The smallest absolute Gasteiger partial charge is 0.240 e. The molecule has 1 atom stereocenters. The fourth-order valence-electron chi connectivity index (χ4n) is 2.09. The second-order valence-electron chi connectivity index (χ2n) is 5.01. The van der Waals surface area contributed by atoms with Gasteiger partial charge in [0.25, 0.3) is 0 Å². The molecule has 0 spiro atoms. The highest BCUT2D eigenvalue weighted by Gasteiger charge is 2.37. The van der Waals surface area contributed by atoms with Crippen LogP contribution >= 0.6 is 11.8 Å². The summed E-state index contributed by atoms with van der Waals surface area (Å²) in [5.41, 5.74) is 5.96. The molecule has 1 aliphatic rings. The molecule has 0 saturated carbocycles. The van der Waals surface area contributed by atoms with Crippen molar-refractivity contribution in [2.45, 2.75) is 24.5 Å². The lowest BCUT2D eigenvalue weighted by molar-refractivity contribution is -0.118. The molecule has 0 radical (unpaired) electrons. The van der Waals surface area contributed by atoms with Gasteiger partial charge in [-0.25, -0.2) is 0 Å². The number of hydrogen-bond acceptors (Lipinski definition) is 5. The normalized spacial score (nSPS) is 22.0. The van der Waals surface area contributed by atoms with Crippen molar-refractivity contribution in [1.82, 2.24) is 0 Å². The van der Waals surface area contributed by atoms with Crippen molar-refractivity contribution in [2.24, 2.45) is 10.9 Å². The lowest BCUT2D eigenvalue weighted by atomic mass is 10.0. The van der Waals surface area contributed by atoms with Gasteiger partial charge in [-0.1, -0.05) is 17.3 Å². The van der Waals surface area contributed by atoms with Crippen molar-refractivity contribution < 1.29 is 14.7 Å². The van der Waals surface area contributed by atoms with Crippen LogP contribution in [0.3, 0.4) is 0 Å². The second-order valence-corrected chi connectivity index (χ2v) is 6.61.